The van der Waals surface area contributed by atoms with Gasteiger partial charge in [0.15, 0.2) is 11.6 Å². The van der Waals surface area contributed by atoms with Gasteiger partial charge in [0.05, 0.1) is 59.5 Å². The van der Waals surface area contributed by atoms with Crippen LogP contribution in [0, 0.1) is 5.82 Å². The minimum absolute atomic E-state index is 0.0918. The van der Waals surface area contributed by atoms with Crippen LogP contribution >= 0.6 is 0 Å². The van der Waals surface area contributed by atoms with Crippen molar-refractivity contribution in [2.45, 2.75) is 31.8 Å². The van der Waals surface area contributed by atoms with Gasteiger partial charge in [0, 0.05) is 6.61 Å². The van der Waals surface area contributed by atoms with E-state index in [1.54, 1.807) is 6.07 Å². The molecule has 0 spiro atoms. The molecule has 1 aliphatic heterocycles. The van der Waals surface area contributed by atoms with E-state index in [4.69, 9.17) is 28.4 Å². The Kier molecular flexibility index (Phi) is 12.9. The third kappa shape index (κ3) is 10.9. The van der Waals surface area contributed by atoms with E-state index in [2.05, 4.69) is 0 Å². The molecule has 0 aliphatic carbocycles. The average Bonchev–Trinajstić information content (AvgIpc) is 2.86. The molecule has 1 unspecified atom stereocenters. The Labute approximate surface area is 207 Å². The second-order valence-corrected chi connectivity index (χ2v) is 8.32. The first-order valence-electron chi connectivity index (χ1n) is 12.4. The summed E-state index contributed by atoms with van der Waals surface area (Å²) in [5.74, 6) is -0.188. The van der Waals surface area contributed by atoms with Gasteiger partial charge in [0.2, 0.25) is 0 Å². The van der Waals surface area contributed by atoms with Crippen LogP contribution in [0.4, 0.5) is 4.39 Å². The molecule has 194 valence electrons. The molecular formula is C27H37FO7. The molecule has 2 aromatic carbocycles. The molecule has 1 saturated heterocycles. The Morgan fingerprint density at radius 2 is 1.43 bits per heavy atom. The minimum Gasteiger partial charge on any atom is -0.505 e. The number of unbranched alkanes of at least 4 members (excludes halogenated alkanes) is 3. The molecule has 3 rings (SSSR count). The molecule has 1 N–H and O–H groups in total. The fourth-order valence-electron chi connectivity index (χ4n) is 3.57. The van der Waals surface area contributed by atoms with Crippen LogP contribution in [-0.2, 0) is 23.7 Å². The molecule has 0 saturated carbocycles. The zero-order valence-corrected chi connectivity index (χ0v) is 20.3. The van der Waals surface area contributed by atoms with Crippen molar-refractivity contribution in [3.8, 4) is 22.6 Å². The lowest BCUT2D eigenvalue weighted by molar-refractivity contribution is -0.0903. The lowest BCUT2D eigenvalue weighted by Crippen LogP contribution is -2.29. The number of phenolic OH excluding ortho intramolecular Hbond substituents is 1. The third-order valence-electron chi connectivity index (χ3n) is 5.52. The van der Waals surface area contributed by atoms with E-state index in [1.165, 1.54) is 12.1 Å². The lowest BCUT2D eigenvalue weighted by atomic mass is 10.1. The normalized spacial score (nSPS) is 17.9. The molecule has 0 aromatic heterocycles. The zero-order chi connectivity index (χ0) is 24.6. The van der Waals surface area contributed by atoms with Gasteiger partial charge < -0.3 is 33.5 Å². The van der Waals surface area contributed by atoms with Crippen molar-refractivity contribution in [2.75, 3.05) is 66.1 Å². The number of phenols is 1. The van der Waals surface area contributed by atoms with Crippen LogP contribution in [0.25, 0.3) is 11.1 Å². The first kappa shape index (κ1) is 27.4. The SMILES string of the molecule is Oc1ccc(-c2ccc(OCCCCCCOCC3COCCOCCOCCO3)cc2)cc1F. The summed E-state index contributed by atoms with van der Waals surface area (Å²) in [7, 11) is 0. The second kappa shape index (κ2) is 16.4. The summed E-state index contributed by atoms with van der Waals surface area (Å²) >= 11 is 0. The molecular weight excluding hydrogens is 455 g/mol. The van der Waals surface area contributed by atoms with E-state index in [9.17, 15) is 9.50 Å². The minimum atomic E-state index is -0.627. The highest BCUT2D eigenvalue weighted by Crippen LogP contribution is 2.26. The van der Waals surface area contributed by atoms with Crippen molar-refractivity contribution in [2.24, 2.45) is 0 Å². The van der Waals surface area contributed by atoms with Gasteiger partial charge in [-0.15, -0.1) is 0 Å². The molecule has 1 heterocycles. The molecule has 1 atom stereocenters. The van der Waals surface area contributed by atoms with E-state index in [0.29, 0.717) is 71.6 Å². The Hall–Kier alpha value is -2.23. The summed E-state index contributed by atoms with van der Waals surface area (Å²) in [6.45, 7) is 5.68. The van der Waals surface area contributed by atoms with Crippen molar-refractivity contribution >= 4 is 0 Å². The summed E-state index contributed by atoms with van der Waals surface area (Å²) in [5.41, 5.74) is 1.58. The van der Waals surface area contributed by atoms with Crippen LogP contribution in [0.1, 0.15) is 25.7 Å². The molecule has 1 aliphatic rings. The monoisotopic (exact) mass is 492 g/mol. The summed E-state index contributed by atoms with van der Waals surface area (Å²) in [6.07, 6.45) is 4.00. The van der Waals surface area contributed by atoms with Crippen LogP contribution in [0.15, 0.2) is 42.5 Å². The molecule has 0 amide bonds. The van der Waals surface area contributed by atoms with Crippen LogP contribution < -0.4 is 4.74 Å². The molecule has 0 bridgehead atoms. The topological polar surface area (TPSA) is 75.6 Å². The van der Waals surface area contributed by atoms with E-state index < -0.39 is 5.82 Å². The van der Waals surface area contributed by atoms with E-state index in [1.807, 2.05) is 24.3 Å². The quantitative estimate of drug-likeness (QED) is 0.460. The first-order valence-corrected chi connectivity index (χ1v) is 12.4. The summed E-state index contributed by atoms with van der Waals surface area (Å²) < 4.78 is 47.4. The Morgan fingerprint density at radius 3 is 2.17 bits per heavy atom. The van der Waals surface area contributed by atoms with Crippen molar-refractivity contribution < 1.29 is 37.9 Å². The number of ether oxygens (including phenoxy) is 6. The highest BCUT2D eigenvalue weighted by molar-refractivity contribution is 5.65. The van der Waals surface area contributed by atoms with E-state index in [-0.39, 0.29) is 11.9 Å². The van der Waals surface area contributed by atoms with Gasteiger partial charge in [-0.1, -0.05) is 24.6 Å². The van der Waals surface area contributed by atoms with Gasteiger partial charge >= 0.3 is 0 Å². The number of halogens is 1. The van der Waals surface area contributed by atoms with Crippen LogP contribution in [0.5, 0.6) is 11.5 Å². The zero-order valence-electron chi connectivity index (χ0n) is 20.3. The number of aromatic hydroxyl groups is 1. The maximum atomic E-state index is 13.5. The Morgan fingerprint density at radius 1 is 0.771 bits per heavy atom. The lowest BCUT2D eigenvalue weighted by Gasteiger charge is -2.19. The van der Waals surface area contributed by atoms with Crippen LogP contribution in [0.2, 0.25) is 0 Å². The Balaban J connectivity index is 1.22. The smallest absolute Gasteiger partial charge is 0.165 e. The Bertz CT molecular complexity index is 819. The third-order valence-corrected chi connectivity index (χ3v) is 5.52. The predicted octanol–water partition coefficient (Wildman–Crippen LogP) is 4.60. The van der Waals surface area contributed by atoms with Crippen molar-refractivity contribution in [1.82, 2.24) is 0 Å². The highest BCUT2D eigenvalue weighted by Gasteiger charge is 2.11. The molecule has 2 aromatic rings. The summed E-state index contributed by atoms with van der Waals surface area (Å²) in [5, 5.41) is 9.32. The highest BCUT2D eigenvalue weighted by atomic mass is 19.1. The van der Waals surface area contributed by atoms with E-state index >= 15 is 0 Å². The van der Waals surface area contributed by atoms with Crippen LogP contribution in [-0.4, -0.2) is 77.3 Å². The van der Waals surface area contributed by atoms with Gasteiger partial charge in [-0.2, -0.15) is 0 Å². The molecule has 35 heavy (non-hydrogen) atoms. The maximum absolute atomic E-state index is 13.5. The maximum Gasteiger partial charge on any atom is 0.165 e. The van der Waals surface area contributed by atoms with Gasteiger partial charge in [-0.3, -0.25) is 0 Å². The molecule has 7 nitrogen and oxygen atoms in total. The summed E-state index contributed by atoms with van der Waals surface area (Å²) in [6, 6.07) is 11.9. The number of hydrogen-bond donors (Lipinski definition) is 1. The van der Waals surface area contributed by atoms with Gasteiger partial charge in [-0.05, 0) is 54.7 Å². The van der Waals surface area contributed by atoms with E-state index in [0.717, 1.165) is 37.0 Å². The summed E-state index contributed by atoms with van der Waals surface area (Å²) in [4.78, 5) is 0. The van der Waals surface area contributed by atoms with Crippen LogP contribution in [0.3, 0.4) is 0 Å². The predicted molar refractivity (Wildman–Crippen MR) is 130 cm³/mol. The van der Waals surface area contributed by atoms with Crippen molar-refractivity contribution in [3.63, 3.8) is 0 Å². The average molecular weight is 493 g/mol. The van der Waals surface area contributed by atoms with Gasteiger partial charge in [0.1, 0.15) is 11.9 Å². The number of rotatable bonds is 11. The fourth-order valence-corrected chi connectivity index (χ4v) is 3.57. The van der Waals surface area contributed by atoms with Gasteiger partial charge in [0.25, 0.3) is 0 Å². The number of hydrogen-bond acceptors (Lipinski definition) is 7. The number of benzene rings is 2. The van der Waals surface area contributed by atoms with Gasteiger partial charge in [-0.25, -0.2) is 4.39 Å². The largest absolute Gasteiger partial charge is 0.505 e. The van der Waals surface area contributed by atoms with Crippen molar-refractivity contribution in [3.05, 3.63) is 48.3 Å². The first-order chi connectivity index (χ1) is 17.2. The molecule has 8 heteroatoms. The fraction of sp³-hybridized carbons (Fsp3) is 0.556. The molecule has 1 fully saturated rings. The second-order valence-electron chi connectivity index (χ2n) is 8.32. The molecule has 0 radical (unpaired) electrons. The van der Waals surface area contributed by atoms with Crippen molar-refractivity contribution in [1.29, 1.82) is 0 Å². The standard InChI is InChI=1S/C27H37FO7/c28-26-19-23(7-10-27(26)29)22-5-8-24(9-6-22)34-12-4-2-1-3-11-32-20-25-21-33-16-15-30-13-14-31-17-18-35-25/h5-10,19,25,29H,1-4,11-18,20-21H2.